The van der Waals surface area contributed by atoms with E-state index >= 15 is 0 Å². The van der Waals surface area contributed by atoms with E-state index in [0.29, 0.717) is 16.5 Å². The van der Waals surface area contributed by atoms with Crippen LogP contribution < -0.4 is 11.1 Å². The molecule has 0 N–H and O–H groups in total. The molecule has 0 aliphatic heterocycles. The molecular formula is C11H13BrN2O2. The molecule has 2 heterocycles. The highest BCUT2D eigenvalue weighted by molar-refractivity contribution is 9.08. The molecule has 0 saturated carbocycles. The van der Waals surface area contributed by atoms with Gasteiger partial charge in [0.2, 0.25) is 0 Å². The zero-order chi connectivity index (χ0) is 12.0. The summed E-state index contributed by atoms with van der Waals surface area (Å²) in [5.74, 6) is 0. The maximum absolute atomic E-state index is 11.9. The van der Waals surface area contributed by atoms with E-state index in [4.69, 9.17) is 0 Å². The number of rotatable bonds is 2. The fourth-order valence-corrected chi connectivity index (χ4v) is 2.79. The van der Waals surface area contributed by atoms with Crippen LogP contribution in [0.15, 0.2) is 9.59 Å². The summed E-state index contributed by atoms with van der Waals surface area (Å²) in [5.41, 5.74) is 2.70. The van der Waals surface area contributed by atoms with Gasteiger partial charge in [0.1, 0.15) is 0 Å². The highest BCUT2D eigenvalue weighted by Gasteiger charge is 2.20. The van der Waals surface area contributed by atoms with E-state index in [1.54, 1.807) is 18.4 Å². The molecule has 5 heteroatoms. The number of hydrogen-bond acceptors (Lipinski definition) is 2. The van der Waals surface area contributed by atoms with Crippen LogP contribution in [0.3, 0.4) is 0 Å². The molecule has 2 aromatic heterocycles. The van der Waals surface area contributed by atoms with Gasteiger partial charge in [-0.15, -0.1) is 0 Å². The fraction of sp³-hybridized carbons (Fsp3) is 0.455. The Labute approximate surface area is 101 Å². The summed E-state index contributed by atoms with van der Waals surface area (Å²) in [6.45, 7) is 5.51. The Balaban J connectivity index is 3.12. The van der Waals surface area contributed by atoms with Gasteiger partial charge >= 0.3 is 0 Å². The quantitative estimate of drug-likeness (QED) is 0.780. The predicted molar refractivity (Wildman–Crippen MR) is 66.1 cm³/mol. The van der Waals surface area contributed by atoms with Gasteiger partial charge in [0.25, 0.3) is 11.1 Å². The first-order chi connectivity index (χ1) is 7.54. The molecule has 0 spiro atoms. The van der Waals surface area contributed by atoms with Gasteiger partial charge in [0.15, 0.2) is 0 Å². The summed E-state index contributed by atoms with van der Waals surface area (Å²) >= 11 is 3.36. The van der Waals surface area contributed by atoms with Crippen molar-refractivity contribution in [1.29, 1.82) is 0 Å². The lowest BCUT2D eigenvalue weighted by molar-refractivity contribution is 0.749. The van der Waals surface area contributed by atoms with E-state index in [0.717, 1.165) is 17.8 Å². The Morgan fingerprint density at radius 2 is 1.50 bits per heavy atom. The lowest BCUT2D eigenvalue weighted by Gasteiger charge is -2.00. The molecule has 0 saturated heterocycles. The Hall–Kier alpha value is -1.10. The normalized spacial score (nSPS) is 11.5. The minimum Gasteiger partial charge on any atom is -0.267 e. The van der Waals surface area contributed by atoms with Crippen LogP contribution in [0.5, 0.6) is 0 Å². The van der Waals surface area contributed by atoms with E-state index in [9.17, 15) is 9.59 Å². The smallest absolute Gasteiger partial charge is 0.267 e. The summed E-state index contributed by atoms with van der Waals surface area (Å²) in [7, 11) is 0. The Morgan fingerprint density at radius 1 is 1.00 bits per heavy atom. The first-order valence-electron chi connectivity index (χ1n) is 5.18. The van der Waals surface area contributed by atoms with Crippen molar-refractivity contribution in [2.45, 2.75) is 32.5 Å². The van der Waals surface area contributed by atoms with Crippen LogP contribution in [0.25, 0.3) is 0 Å². The van der Waals surface area contributed by atoms with E-state index in [1.807, 2.05) is 6.92 Å². The number of fused-ring (bicyclic) bond motifs is 1. The standard InChI is InChI=1S/C11H13BrN2O2/c1-4-8-6(2)10(15)14-11(16)7(3)9(5-12)13(8)14/h4-5H2,1-3H3. The van der Waals surface area contributed by atoms with Gasteiger partial charge in [-0.1, -0.05) is 22.9 Å². The first kappa shape index (κ1) is 11.4. The average Bonchev–Trinajstić information content (AvgIpc) is 2.65. The molecule has 0 fully saturated rings. The minimum atomic E-state index is -0.206. The van der Waals surface area contributed by atoms with Crippen LogP contribution in [0.4, 0.5) is 0 Å². The van der Waals surface area contributed by atoms with E-state index in [2.05, 4.69) is 15.9 Å². The molecule has 4 nitrogen and oxygen atoms in total. The maximum Gasteiger partial charge on any atom is 0.277 e. The number of aryl methyl sites for hydroxylation is 1. The molecular weight excluding hydrogens is 272 g/mol. The molecule has 0 aliphatic rings. The number of alkyl halides is 1. The lowest BCUT2D eigenvalue weighted by Crippen LogP contribution is -2.23. The molecule has 16 heavy (non-hydrogen) atoms. The van der Waals surface area contributed by atoms with Gasteiger partial charge in [-0.25, -0.2) is 0 Å². The zero-order valence-corrected chi connectivity index (χ0v) is 11.1. The SMILES string of the molecule is CCc1c(C)c(=O)n2c(=O)c(C)c(CBr)n12. The molecule has 0 aromatic carbocycles. The number of nitrogens with zero attached hydrogens (tertiary/aromatic N) is 2. The molecule has 0 atom stereocenters. The monoisotopic (exact) mass is 284 g/mol. The molecule has 0 aliphatic carbocycles. The fourth-order valence-electron chi connectivity index (χ4n) is 2.13. The summed E-state index contributed by atoms with van der Waals surface area (Å²) in [6, 6.07) is 0. The first-order valence-corrected chi connectivity index (χ1v) is 6.31. The summed E-state index contributed by atoms with van der Waals surface area (Å²) in [6.07, 6.45) is 0.741. The van der Waals surface area contributed by atoms with Crippen molar-refractivity contribution in [1.82, 2.24) is 9.03 Å². The Bertz CT molecular complexity index is 601. The topological polar surface area (TPSA) is 43.0 Å². The maximum atomic E-state index is 11.9. The minimum absolute atomic E-state index is 0.197. The second kappa shape index (κ2) is 3.73. The zero-order valence-electron chi connectivity index (χ0n) is 9.50. The molecule has 0 amide bonds. The van der Waals surface area contributed by atoms with Gasteiger partial charge in [0, 0.05) is 22.2 Å². The largest absolute Gasteiger partial charge is 0.277 e. The molecule has 2 aromatic rings. The van der Waals surface area contributed by atoms with Crippen LogP contribution in [0.1, 0.15) is 29.4 Å². The average molecular weight is 285 g/mol. The van der Waals surface area contributed by atoms with Gasteiger partial charge in [0.05, 0.1) is 5.69 Å². The molecule has 0 bridgehead atoms. The van der Waals surface area contributed by atoms with Gasteiger partial charge in [-0.2, -0.15) is 4.52 Å². The van der Waals surface area contributed by atoms with E-state index in [-0.39, 0.29) is 11.1 Å². The molecule has 0 radical (unpaired) electrons. The third-order valence-electron chi connectivity index (χ3n) is 3.06. The lowest BCUT2D eigenvalue weighted by atomic mass is 10.2. The van der Waals surface area contributed by atoms with Crippen molar-refractivity contribution in [3.8, 4) is 0 Å². The van der Waals surface area contributed by atoms with Crippen molar-refractivity contribution in [3.05, 3.63) is 43.2 Å². The van der Waals surface area contributed by atoms with Crippen molar-refractivity contribution >= 4 is 15.9 Å². The third-order valence-corrected chi connectivity index (χ3v) is 3.60. The van der Waals surface area contributed by atoms with Crippen LogP contribution >= 0.6 is 15.9 Å². The van der Waals surface area contributed by atoms with Crippen LogP contribution in [0, 0.1) is 13.8 Å². The highest BCUT2D eigenvalue weighted by Crippen LogP contribution is 2.13. The van der Waals surface area contributed by atoms with Crippen molar-refractivity contribution in [2.75, 3.05) is 0 Å². The third kappa shape index (κ3) is 1.21. The second-order valence-corrected chi connectivity index (χ2v) is 4.43. The van der Waals surface area contributed by atoms with Crippen molar-refractivity contribution < 1.29 is 0 Å². The predicted octanol–water partition coefficient (Wildman–Crippen LogP) is 1.27. The van der Waals surface area contributed by atoms with Crippen LogP contribution in [-0.2, 0) is 11.8 Å². The Kier molecular flexibility index (Phi) is 2.66. The van der Waals surface area contributed by atoms with Gasteiger partial charge in [-0.05, 0) is 20.3 Å². The number of aromatic nitrogens is 2. The summed E-state index contributed by atoms with van der Waals surface area (Å²) in [5, 5.41) is 0.575. The summed E-state index contributed by atoms with van der Waals surface area (Å²) in [4.78, 5) is 23.9. The van der Waals surface area contributed by atoms with Crippen molar-refractivity contribution in [2.24, 2.45) is 0 Å². The summed E-state index contributed by atoms with van der Waals surface area (Å²) < 4.78 is 2.99. The number of hydrogen-bond donors (Lipinski definition) is 0. The van der Waals surface area contributed by atoms with E-state index < -0.39 is 0 Å². The second-order valence-electron chi connectivity index (χ2n) is 3.86. The molecule has 86 valence electrons. The molecule has 0 unspecified atom stereocenters. The highest BCUT2D eigenvalue weighted by atomic mass is 79.9. The van der Waals surface area contributed by atoms with E-state index in [1.165, 1.54) is 4.52 Å². The van der Waals surface area contributed by atoms with Crippen LogP contribution in [-0.4, -0.2) is 9.03 Å². The van der Waals surface area contributed by atoms with Gasteiger partial charge in [-0.3, -0.25) is 14.1 Å². The van der Waals surface area contributed by atoms with Gasteiger partial charge < -0.3 is 0 Å². The van der Waals surface area contributed by atoms with Crippen LogP contribution in [0.2, 0.25) is 0 Å². The number of halogens is 1. The Morgan fingerprint density at radius 3 is 1.94 bits per heavy atom. The van der Waals surface area contributed by atoms with Crippen molar-refractivity contribution in [3.63, 3.8) is 0 Å². The molecule has 2 rings (SSSR count).